The van der Waals surface area contributed by atoms with E-state index in [0.29, 0.717) is 11.3 Å². The fraction of sp³-hybridized carbons (Fsp3) is 0. The van der Waals surface area contributed by atoms with E-state index in [-0.39, 0.29) is 5.91 Å². The van der Waals surface area contributed by atoms with Crippen molar-refractivity contribution in [3.8, 4) is 22.5 Å². The minimum atomic E-state index is -0.277. The summed E-state index contributed by atoms with van der Waals surface area (Å²) in [5.41, 5.74) is 3.62. The molecule has 0 aliphatic heterocycles. The molecule has 3 aromatic heterocycles. The predicted octanol–water partition coefficient (Wildman–Crippen LogP) is 1.81. The van der Waals surface area contributed by atoms with Crippen LogP contribution in [0.5, 0.6) is 0 Å². The predicted molar refractivity (Wildman–Crippen MR) is 84.8 cm³/mol. The summed E-state index contributed by atoms with van der Waals surface area (Å²) in [7, 11) is 0. The first kappa shape index (κ1) is 13.9. The van der Waals surface area contributed by atoms with Gasteiger partial charge in [-0.15, -0.1) is 5.10 Å². The molecule has 116 valence electrons. The molecule has 1 N–H and O–H groups in total. The Morgan fingerprint density at radius 1 is 1.00 bits per heavy atom. The van der Waals surface area contributed by atoms with Crippen molar-refractivity contribution in [2.75, 3.05) is 0 Å². The largest absolute Gasteiger partial charge is 0.281 e. The van der Waals surface area contributed by atoms with E-state index in [4.69, 9.17) is 0 Å². The highest BCUT2D eigenvalue weighted by atomic mass is 16.2. The molecule has 0 bridgehead atoms. The molecular weight excluding hydrogens is 306 g/mol. The van der Waals surface area contributed by atoms with Gasteiger partial charge in [0.1, 0.15) is 11.4 Å². The van der Waals surface area contributed by atoms with Crippen LogP contribution in [0.2, 0.25) is 0 Å². The van der Waals surface area contributed by atoms with E-state index < -0.39 is 0 Å². The molecule has 1 aromatic carbocycles. The molecule has 0 radical (unpaired) electrons. The van der Waals surface area contributed by atoms with Gasteiger partial charge in [-0.05, 0) is 12.1 Å². The summed E-state index contributed by atoms with van der Waals surface area (Å²) in [6, 6.07) is 11.0. The highest BCUT2D eigenvalue weighted by Crippen LogP contribution is 2.21. The Kier molecular flexibility index (Phi) is 3.39. The molecule has 0 spiro atoms. The van der Waals surface area contributed by atoms with Crippen LogP contribution in [0, 0.1) is 0 Å². The molecule has 0 aliphatic carbocycles. The van der Waals surface area contributed by atoms with Crippen molar-refractivity contribution in [3.63, 3.8) is 0 Å². The third-order valence-corrected chi connectivity index (χ3v) is 3.50. The van der Waals surface area contributed by atoms with Crippen LogP contribution < -0.4 is 0 Å². The first-order chi connectivity index (χ1) is 11.8. The zero-order chi connectivity index (χ0) is 16.4. The monoisotopic (exact) mass is 317 g/mol. The molecule has 4 rings (SSSR count). The Hall–Kier alpha value is -3.68. The van der Waals surface area contributed by atoms with Crippen LogP contribution in [0.1, 0.15) is 10.4 Å². The molecule has 0 atom stereocenters. The van der Waals surface area contributed by atoms with E-state index in [2.05, 4.69) is 30.7 Å². The second-order valence-electron chi connectivity index (χ2n) is 5.03. The molecular formula is C16H11N7O. The number of H-pyrrole nitrogens is 1. The van der Waals surface area contributed by atoms with Crippen molar-refractivity contribution in [1.82, 2.24) is 35.4 Å². The molecule has 3 heterocycles. The maximum Gasteiger partial charge on any atom is 0.281 e. The third-order valence-electron chi connectivity index (χ3n) is 3.50. The zero-order valence-electron chi connectivity index (χ0n) is 12.4. The van der Waals surface area contributed by atoms with Crippen LogP contribution >= 0.6 is 0 Å². The van der Waals surface area contributed by atoms with E-state index in [1.54, 1.807) is 30.7 Å². The van der Waals surface area contributed by atoms with Gasteiger partial charge < -0.3 is 0 Å². The lowest BCUT2D eigenvalue weighted by atomic mass is 10.1. The first-order valence-corrected chi connectivity index (χ1v) is 7.15. The smallest absolute Gasteiger partial charge is 0.267 e. The summed E-state index contributed by atoms with van der Waals surface area (Å²) in [6.07, 6.45) is 6.36. The van der Waals surface area contributed by atoms with E-state index in [9.17, 15) is 4.79 Å². The fourth-order valence-corrected chi connectivity index (χ4v) is 2.27. The number of nitrogens with one attached hydrogen (secondary N) is 1. The minimum Gasteiger partial charge on any atom is -0.267 e. The maximum atomic E-state index is 12.3. The van der Waals surface area contributed by atoms with Crippen molar-refractivity contribution >= 4 is 5.91 Å². The quantitative estimate of drug-likeness (QED) is 0.618. The van der Waals surface area contributed by atoms with Gasteiger partial charge in [0.15, 0.2) is 0 Å². The third kappa shape index (κ3) is 2.56. The van der Waals surface area contributed by atoms with Gasteiger partial charge in [-0.3, -0.25) is 9.78 Å². The highest BCUT2D eigenvalue weighted by molar-refractivity contribution is 5.95. The van der Waals surface area contributed by atoms with Crippen LogP contribution in [-0.4, -0.2) is 41.3 Å². The second-order valence-corrected chi connectivity index (χ2v) is 5.03. The van der Waals surface area contributed by atoms with Crippen molar-refractivity contribution in [3.05, 3.63) is 66.7 Å². The normalized spacial score (nSPS) is 10.7. The Balaban J connectivity index is 1.60. The maximum absolute atomic E-state index is 12.3. The molecule has 8 heteroatoms. The summed E-state index contributed by atoms with van der Waals surface area (Å²) in [4.78, 5) is 16.2. The van der Waals surface area contributed by atoms with Crippen molar-refractivity contribution in [1.29, 1.82) is 0 Å². The Bertz CT molecular complexity index is 959. The lowest BCUT2D eigenvalue weighted by Crippen LogP contribution is -2.12. The van der Waals surface area contributed by atoms with Crippen LogP contribution in [-0.2, 0) is 0 Å². The van der Waals surface area contributed by atoms with Crippen LogP contribution in [0.25, 0.3) is 22.5 Å². The molecule has 0 fully saturated rings. The summed E-state index contributed by atoms with van der Waals surface area (Å²) in [5.74, 6) is -0.277. The summed E-state index contributed by atoms with van der Waals surface area (Å²) >= 11 is 0. The second kappa shape index (κ2) is 5.84. The van der Waals surface area contributed by atoms with Gasteiger partial charge >= 0.3 is 0 Å². The Morgan fingerprint density at radius 3 is 2.46 bits per heavy atom. The van der Waals surface area contributed by atoms with Crippen molar-refractivity contribution < 1.29 is 4.79 Å². The summed E-state index contributed by atoms with van der Waals surface area (Å²) < 4.78 is 1.21. The average Bonchev–Trinajstić information content (AvgIpc) is 3.34. The van der Waals surface area contributed by atoms with Crippen molar-refractivity contribution in [2.45, 2.75) is 0 Å². The Labute approximate surface area is 136 Å². The van der Waals surface area contributed by atoms with Crippen LogP contribution in [0.4, 0.5) is 0 Å². The molecule has 24 heavy (non-hydrogen) atoms. The first-order valence-electron chi connectivity index (χ1n) is 7.15. The van der Waals surface area contributed by atoms with E-state index in [0.717, 1.165) is 16.8 Å². The molecule has 0 unspecified atom stereocenters. The number of carbonyl (C=O) groups excluding carboxylic acids is 1. The van der Waals surface area contributed by atoms with Gasteiger partial charge in [-0.25, -0.2) is 0 Å². The molecule has 4 aromatic rings. The zero-order valence-corrected chi connectivity index (χ0v) is 12.4. The van der Waals surface area contributed by atoms with Gasteiger partial charge in [0.2, 0.25) is 0 Å². The number of hydrogen-bond donors (Lipinski definition) is 1. The van der Waals surface area contributed by atoms with Gasteiger partial charge in [-0.1, -0.05) is 29.5 Å². The fourth-order valence-electron chi connectivity index (χ4n) is 2.27. The van der Waals surface area contributed by atoms with E-state index in [1.165, 1.54) is 10.9 Å². The summed E-state index contributed by atoms with van der Waals surface area (Å²) in [5, 5.41) is 18.4. The van der Waals surface area contributed by atoms with Crippen LogP contribution in [0.15, 0.2) is 61.2 Å². The number of benzene rings is 1. The molecule has 0 saturated carbocycles. The number of aromatic nitrogens is 7. The van der Waals surface area contributed by atoms with Crippen LogP contribution in [0.3, 0.4) is 0 Å². The number of nitrogens with zero attached hydrogens (tertiary/aromatic N) is 6. The average molecular weight is 317 g/mol. The molecule has 0 amide bonds. The molecule has 0 aliphatic rings. The number of hydrogen-bond acceptors (Lipinski definition) is 6. The molecule has 0 saturated heterocycles. The highest BCUT2D eigenvalue weighted by Gasteiger charge is 2.12. The lowest BCUT2D eigenvalue weighted by molar-refractivity contribution is 0.0942. The number of pyridine rings is 1. The summed E-state index contributed by atoms with van der Waals surface area (Å²) in [6.45, 7) is 0. The standard InChI is InChI=1S/C16H11N7O/c24-16(13-2-1-7-17-8-13)23-10-15(20-22-23)12-5-3-11(4-6-12)14-9-18-21-19-14/h1-10H,(H,18,19,21). The van der Waals surface area contributed by atoms with Gasteiger partial charge in [0, 0.05) is 23.5 Å². The van der Waals surface area contributed by atoms with Gasteiger partial charge in [-0.2, -0.15) is 20.1 Å². The van der Waals surface area contributed by atoms with E-state index >= 15 is 0 Å². The SMILES string of the molecule is O=C(c1cccnc1)n1cc(-c2ccc(-c3cn[nH]n3)cc2)nn1. The number of rotatable bonds is 3. The Morgan fingerprint density at radius 2 is 1.79 bits per heavy atom. The van der Waals surface area contributed by atoms with Crippen molar-refractivity contribution in [2.24, 2.45) is 0 Å². The number of carbonyl (C=O) groups is 1. The minimum absolute atomic E-state index is 0.277. The number of aromatic amines is 1. The molecule has 8 nitrogen and oxygen atoms in total. The lowest BCUT2D eigenvalue weighted by Gasteiger charge is -1.99. The van der Waals surface area contributed by atoms with Gasteiger partial charge in [0.05, 0.1) is 18.0 Å². The van der Waals surface area contributed by atoms with E-state index in [1.807, 2.05) is 24.3 Å². The van der Waals surface area contributed by atoms with Gasteiger partial charge in [0.25, 0.3) is 5.91 Å². The topological polar surface area (TPSA) is 102 Å².